The highest BCUT2D eigenvalue weighted by Gasteiger charge is 2.35. The Balaban J connectivity index is 0.000000741. The van der Waals surface area contributed by atoms with E-state index >= 15 is 0 Å². The average molecular weight is 292 g/mol. The van der Waals surface area contributed by atoms with Gasteiger partial charge in [-0.25, -0.2) is 8.42 Å². The zero-order chi connectivity index (χ0) is 15.1. The summed E-state index contributed by atoms with van der Waals surface area (Å²) in [5, 5.41) is 0. The number of sulfone groups is 1. The average Bonchev–Trinajstić information content (AvgIpc) is 2.34. The SMILES string of the molecule is CC.CC.CC(C)N1CC(N2CCS(=O)(=O)CC2)C1. The summed E-state index contributed by atoms with van der Waals surface area (Å²) >= 11 is 0. The van der Waals surface area contributed by atoms with Crippen LogP contribution in [0, 0.1) is 0 Å². The second-order valence-corrected chi connectivity index (χ2v) is 7.19. The van der Waals surface area contributed by atoms with Crippen LogP contribution in [0.5, 0.6) is 0 Å². The lowest BCUT2D eigenvalue weighted by molar-refractivity contribution is 0.0182. The van der Waals surface area contributed by atoms with E-state index in [1.165, 1.54) is 0 Å². The zero-order valence-electron chi connectivity index (χ0n) is 13.5. The van der Waals surface area contributed by atoms with Crippen molar-refractivity contribution in [1.82, 2.24) is 9.80 Å². The normalized spacial score (nSPS) is 23.7. The zero-order valence-corrected chi connectivity index (χ0v) is 14.3. The Kier molecular flexibility index (Phi) is 8.86. The molecule has 5 heteroatoms. The second-order valence-electron chi connectivity index (χ2n) is 4.89. The Bertz CT molecular complexity index is 308. The highest BCUT2D eigenvalue weighted by atomic mass is 32.2. The van der Waals surface area contributed by atoms with Gasteiger partial charge in [0.05, 0.1) is 11.5 Å². The summed E-state index contributed by atoms with van der Waals surface area (Å²) in [6.45, 7) is 16.1. The molecule has 0 saturated carbocycles. The molecule has 2 heterocycles. The van der Waals surface area contributed by atoms with Crippen LogP contribution in [0.1, 0.15) is 41.5 Å². The van der Waals surface area contributed by atoms with Gasteiger partial charge >= 0.3 is 0 Å². The Morgan fingerprint density at radius 2 is 1.37 bits per heavy atom. The molecule has 2 fully saturated rings. The van der Waals surface area contributed by atoms with Crippen molar-refractivity contribution in [2.75, 3.05) is 37.7 Å². The van der Waals surface area contributed by atoms with Crippen molar-refractivity contribution in [3.05, 3.63) is 0 Å². The van der Waals surface area contributed by atoms with Gasteiger partial charge in [-0.3, -0.25) is 9.80 Å². The van der Waals surface area contributed by atoms with Gasteiger partial charge in [0.25, 0.3) is 0 Å². The van der Waals surface area contributed by atoms with Gasteiger partial charge in [0.1, 0.15) is 0 Å². The molecule has 0 aromatic heterocycles. The first-order valence-corrected chi connectivity index (χ1v) is 9.48. The van der Waals surface area contributed by atoms with Gasteiger partial charge in [-0.15, -0.1) is 0 Å². The van der Waals surface area contributed by atoms with E-state index < -0.39 is 9.84 Å². The first-order chi connectivity index (χ1) is 8.98. The Morgan fingerprint density at radius 1 is 0.947 bits per heavy atom. The van der Waals surface area contributed by atoms with Gasteiger partial charge in [-0.2, -0.15) is 0 Å². The maximum Gasteiger partial charge on any atom is 0.152 e. The minimum absolute atomic E-state index is 0.352. The molecule has 2 aliphatic rings. The fourth-order valence-electron chi connectivity index (χ4n) is 2.23. The maximum atomic E-state index is 11.3. The number of nitrogens with zero attached hydrogens (tertiary/aromatic N) is 2. The van der Waals surface area contributed by atoms with Crippen LogP contribution < -0.4 is 0 Å². The first kappa shape index (κ1) is 18.9. The molecule has 19 heavy (non-hydrogen) atoms. The van der Waals surface area contributed by atoms with Crippen molar-refractivity contribution in [2.45, 2.75) is 53.6 Å². The Labute approximate surface area is 120 Å². The van der Waals surface area contributed by atoms with Crippen LogP contribution in [-0.4, -0.2) is 68.0 Å². The minimum atomic E-state index is -2.72. The number of likely N-dealkylation sites (tertiary alicyclic amines) is 1. The van der Waals surface area contributed by atoms with Gasteiger partial charge < -0.3 is 0 Å². The van der Waals surface area contributed by atoms with Crippen molar-refractivity contribution >= 4 is 9.84 Å². The number of hydrogen-bond donors (Lipinski definition) is 0. The van der Waals surface area contributed by atoms with E-state index in [-0.39, 0.29) is 0 Å². The summed E-state index contributed by atoms with van der Waals surface area (Å²) in [5.41, 5.74) is 0. The molecular weight excluding hydrogens is 260 g/mol. The summed E-state index contributed by atoms with van der Waals surface area (Å²) in [6.07, 6.45) is 0. The molecule has 2 rings (SSSR count). The molecule has 0 spiro atoms. The summed E-state index contributed by atoms with van der Waals surface area (Å²) in [6, 6.07) is 1.22. The van der Waals surface area contributed by atoms with Gasteiger partial charge in [0.15, 0.2) is 9.84 Å². The molecule has 2 saturated heterocycles. The van der Waals surface area contributed by atoms with Gasteiger partial charge in [-0.05, 0) is 13.8 Å². The molecule has 0 atom stereocenters. The Hall–Kier alpha value is -0.130. The largest absolute Gasteiger partial charge is 0.298 e. The predicted octanol–water partition coefficient (Wildman–Crippen LogP) is 1.86. The van der Waals surface area contributed by atoms with Crippen molar-refractivity contribution in [3.8, 4) is 0 Å². The second kappa shape index (κ2) is 8.93. The maximum absolute atomic E-state index is 11.3. The van der Waals surface area contributed by atoms with Crippen LogP contribution in [0.25, 0.3) is 0 Å². The van der Waals surface area contributed by atoms with Crippen LogP contribution in [0.2, 0.25) is 0 Å². The predicted molar refractivity (Wildman–Crippen MR) is 83.4 cm³/mol. The summed E-state index contributed by atoms with van der Waals surface area (Å²) in [4.78, 5) is 4.76. The Morgan fingerprint density at radius 3 is 1.74 bits per heavy atom. The number of hydrogen-bond acceptors (Lipinski definition) is 4. The van der Waals surface area contributed by atoms with E-state index in [1.54, 1.807) is 0 Å². The fourth-order valence-corrected chi connectivity index (χ4v) is 3.46. The van der Waals surface area contributed by atoms with Gasteiger partial charge in [0.2, 0.25) is 0 Å². The quantitative estimate of drug-likeness (QED) is 0.779. The first-order valence-electron chi connectivity index (χ1n) is 7.66. The molecule has 0 aromatic carbocycles. The van der Waals surface area contributed by atoms with E-state index in [0.29, 0.717) is 23.6 Å². The van der Waals surface area contributed by atoms with Crippen LogP contribution in [-0.2, 0) is 9.84 Å². The van der Waals surface area contributed by atoms with Crippen LogP contribution in [0.4, 0.5) is 0 Å². The van der Waals surface area contributed by atoms with Crippen molar-refractivity contribution < 1.29 is 8.42 Å². The summed E-state index contributed by atoms with van der Waals surface area (Å²) in [7, 11) is -2.72. The van der Waals surface area contributed by atoms with Crippen LogP contribution in [0.15, 0.2) is 0 Å². The highest BCUT2D eigenvalue weighted by molar-refractivity contribution is 7.91. The van der Waals surface area contributed by atoms with Crippen LogP contribution in [0.3, 0.4) is 0 Å². The number of rotatable bonds is 2. The molecule has 0 aliphatic carbocycles. The van der Waals surface area contributed by atoms with E-state index in [2.05, 4.69) is 23.6 Å². The molecule has 2 aliphatic heterocycles. The minimum Gasteiger partial charge on any atom is -0.298 e. The summed E-state index contributed by atoms with van der Waals surface area (Å²) < 4.78 is 22.5. The lowest BCUT2D eigenvalue weighted by atomic mass is 10.0. The molecule has 0 unspecified atom stereocenters. The van der Waals surface area contributed by atoms with Crippen molar-refractivity contribution in [2.24, 2.45) is 0 Å². The highest BCUT2D eigenvalue weighted by Crippen LogP contribution is 2.19. The van der Waals surface area contributed by atoms with Gasteiger partial charge in [0, 0.05) is 38.3 Å². The van der Waals surface area contributed by atoms with E-state index in [0.717, 1.165) is 26.2 Å². The molecule has 0 N–H and O–H groups in total. The standard InChI is InChI=1S/C10H20N2O2S.2C2H6/c1-9(2)12-7-10(8-12)11-3-5-15(13,14)6-4-11;2*1-2/h9-10H,3-8H2,1-2H3;2*1-2H3. The molecule has 4 nitrogen and oxygen atoms in total. The molecule has 0 amide bonds. The molecular formula is C14H32N2O2S. The summed E-state index contributed by atoms with van der Waals surface area (Å²) in [5.74, 6) is 0.705. The monoisotopic (exact) mass is 292 g/mol. The smallest absolute Gasteiger partial charge is 0.152 e. The van der Waals surface area contributed by atoms with Gasteiger partial charge in [-0.1, -0.05) is 27.7 Å². The van der Waals surface area contributed by atoms with E-state index in [9.17, 15) is 8.42 Å². The fraction of sp³-hybridized carbons (Fsp3) is 1.00. The molecule has 0 radical (unpaired) electrons. The van der Waals surface area contributed by atoms with E-state index in [1.807, 2.05) is 27.7 Å². The lowest BCUT2D eigenvalue weighted by Gasteiger charge is -2.48. The molecule has 0 aromatic rings. The topological polar surface area (TPSA) is 40.6 Å². The van der Waals surface area contributed by atoms with E-state index in [4.69, 9.17) is 0 Å². The molecule has 116 valence electrons. The third-order valence-electron chi connectivity index (χ3n) is 3.52. The third-order valence-corrected chi connectivity index (χ3v) is 5.13. The molecule has 0 bridgehead atoms. The van der Waals surface area contributed by atoms with Crippen molar-refractivity contribution in [3.63, 3.8) is 0 Å². The van der Waals surface area contributed by atoms with Crippen LogP contribution >= 0.6 is 0 Å². The lowest BCUT2D eigenvalue weighted by Crippen LogP contribution is -2.63. The third kappa shape index (κ3) is 5.79. The van der Waals surface area contributed by atoms with Crippen molar-refractivity contribution in [1.29, 1.82) is 0 Å².